The van der Waals surface area contributed by atoms with E-state index in [4.69, 9.17) is 14.2 Å². The van der Waals surface area contributed by atoms with Crippen LogP contribution in [0.4, 0.5) is 0 Å². The Balaban J connectivity index is 2.59. The van der Waals surface area contributed by atoms with Crippen molar-refractivity contribution in [3.63, 3.8) is 0 Å². The van der Waals surface area contributed by atoms with Crippen LogP contribution in [-0.4, -0.2) is 99.6 Å². The van der Waals surface area contributed by atoms with Crippen LogP contribution < -0.4 is 5.32 Å². The zero-order valence-electron chi connectivity index (χ0n) is 56.3. The molecule has 1 aliphatic rings. The molecule has 0 aliphatic carbocycles. The van der Waals surface area contributed by atoms with E-state index in [0.717, 1.165) is 128 Å². The summed E-state index contributed by atoms with van der Waals surface area (Å²) in [5.41, 5.74) is 0. The molecule has 1 aliphatic heterocycles. The number of aliphatic hydroxyl groups excluding tert-OH is 5. The minimum absolute atomic E-state index is 0.110. The van der Waals surface area contributed by atoms with Gasteiger partial charge in [-0.05, 0) is 116 Å². The Hall–Kier alpha value is -3.68. The average molecular weight is 1230 g/mol. The summed E-state index contributed by atoms with van der Waals surface area (Å²) in [7, 11) is 0. The van der Waals surface area contributed by atoms with Crippen molar-refractivity contribution in [1.29, 1.82) is 0 Å². The van der Waals surface area contributed by atoms with Crippen molar-refractivity contribution >= 4 is 11.9 Å². The molecule has 88 heavy (non-hydrogen) atoms. The molecular formula is C77H133NO10. The first-order valence-corrected chi connectivity index (χ1v) is 36.2. The molecule has 0 spiro atoms. The van der Waals surface area contributed by atoms with Gasteiger partial charge in [-0.25, -0.2) is 0 Å². The predicted molar refractivity (Wildman–Crippen MR) is 370 cm³/mol. The molecule has 1 amide bonds. The van der Waals surface area contributed by atoms with Crippen molar-refractivity contribution in [2.24, 2.45) is 0 Å². The van der Waals surface area contributed by atoms with Crippen LogP contribution in [0.2, 0.25) is 0 Å². The van der Waals surface area contributed by atoms with E-state index in [2.05, 4.69) is 123 Å². The van der Waals surface area contributed by atoms with Crippen molar-refractivity contribution in [2.45, 2.75) is 352 Å². The van der Waals surface area contributed by atoms with Gasteiger partial charge in [0.25, 0.3) is 0 Å². The lowest BCUT2D eigenvalue weighted by molar-refractivity contribution is -0.305. The Morgan fingerprint density at radius 2 is 0.784 bits per heavy atom. The zero-order valence-corrected chi connectivity index (χ0v) is 56.3. The van der Waals surface area contributed by atoms with E-state index in [1.165, 1.54) is 128 Å². The van der Waals surface area contributed by atoms with Gasteiger partial charge >= 0.3 is 5.97 Å². The predicted octanol–water partition coefficient (Wildman–Crippen LogP) is 18.8. The zero-order chi connectivity index (χ0) is 63.9. The highest BCUT2D eigenvalue weighted by molar-refractivity contribution is 5.80. The molecule has 0 bridgehead atoms. The molecule has 1 fully saturated rings. The summed E-state index contributed by atoms with van der Waals surface area (Å²) in [6.07, 6.45) is 76.9. The van der Waals surface area contributed by atoms with Crippen molar-refractivity contribution in [1.82, 2.24) is 5.32 Å². The summed E-state index contributed by atoms with van der Waals surface area (Å²) >= 11 is 0. The Bertz CT molecular complexity index is 1850. The van der Waals surface area contributed by atoms with E-state index in [1.54, 1.807) is 6.08 Å². The number of unbranched alkanes of at least 4 members (excludes halogenated alkanes) is 31. The molecule has 1 saturated heterocycles. The van der Waals surface area contributed by atoms with Gasteiger partial charge in [0.15, 0.2) is 12.4 Å². The second kappa shape index (κ2) is 63.5. The number of rotatable bonds is 61. The fraction of sp³-hybridized carbons (Fsp3) is 0.740. The van der Waals surface area contributed by atoms with Gasteiger partial charge in [0.2, 0.25) is 5.91 Å². The van der Waals surface area contributed by atoms with Crippen LogP contribution in [0, 0.1) is 0 Å². The third-order valence-electron chi connectivity index (χ3n) is 16.4. The van der Waals surface area contributed by atoms with Crippen LogP contribution in [0.3, 0.4) is 0 Å². The number of carbonyl (C=O) groups excluding carboxylic acids is 2. The minimum Gasteiger partial charge on any atom is -0.454 e. The van der Waals surface area contributed by atoms with E-state index in [1.807, 2.05) is 6.08 Å². The SMILES string of the molecule is CCCCC/C=C\C/C=C\C/C=C\C/C=C\CCCCCCCCCCCC(=O)OC1C(OCC(NC(=O)C(O)CCCCCCCC/C=C\C/C=C\C/C=C\C/C=C\CCCCC)C(O)/C=C/CCCCCCCCCCCC)OC(CO)C(O)C1O. The lowest BCUT2D eigenvalue weighted by Crippen LogP contribution is -2.61. The maximum Gasteiger partial charge on any atom is 0.306 e. The number of carbonyl (C=O) groups is 2. The molecule has 506 valence electrons. The molecular weight excluding hydrogens is 1100 g/mol. The smallest absolute Gasteiger partial charge is 0.306 e. The number of hydrogen-bond donors (Lipinski definition) is 6. The first kappa shape index (κ1) is 82.3. The van der Waals surface area contributed by atoms with Crippen LogP contribution in [0.15, 0.2) is 109 Å². The van der Waals surface area contributed by atoms with E-state index < -0.39 is 67.4 Å². The van der Waals surface area contributed by atoms with Gasteiger partial charge in [-0.1, -0.05) is 291 Å². The standard InChI is InChI=1S/C77H133NO10/c1-4-7-10-13-16-19-22-25-27-29-31-33-35-36-37-39-41-43-45-47-50-53-56-59-62-65-72(82)88-75-74(84)73(83)71(66-79)87-77(75)86-67-68(69(80)63-60-57-54-51-48-24-21-18-15-12-9-6-3)78-76(85)70(81)64-61-58-55-52-49-46-44-42-40-38-34-32-30-28-26-23-20-17-14-11-8-5-2/h16-17,19-20,25-28,31-34,36-37,40,42,60,63,68-71,73-75,77,79-81,83-84H,4-15,18,21-24,29-30,35,38-39,41,43-59,61-62,64-67H2,1-3H3,(H,78,85)/b19-16-,20-17-,27-25-,28-26-,33-31-,34-32-,37-36-,42-40-,63-60+. The van der Waals surface area contributed by atoms with Gasteiger partial charge in [-0.2, -0.15) is 0 Å². The van der Waals surface area contributed by atoms with Crippen LogP contribution >= 0.6 is 0 Å². The van der Waals surface area contributed by atoms with E-state index in [-0.39, 0.29) is 19.4 Å². The van der Waals surface area contributed by atoms with Gasteiger partial charge < -0.3 is 45.1 Å². The number of amides is 1. The number of allylic oxidation sites excluding steroid dienone is 17. The normalized spacial score (nSPS) is 18.8. The first-order chi connectivity index (χ1) is 43.2. The van der Waals surface area contributed by atoms with Crippen LogP contribution in [0.1, 0.15) is 303 Å². The fourth-order valence-corrected chi connectivity index (χ4v) is 10.7. The van der Waals surface area contributed by atoms with Crippen LogP contribution in [0.5, 0.6) is 0 Å². The maximum absolute atomic E-state index is 13.5. The lowest BCUT2D eigenvalue weighted by atomic mass is 9.99. The highest BCUT2D eigenvalue weighted by atomic mass is 16.7. The monoisotopic (exact) mass is 1230 g/mol. The maximum atomic E-state index is 13.5. The quantitative estimate of drug-likeness (QED) is 0.0195. The van der Waals surface area contributed by atoms with Gasteiger partial charge in [0.05, 0.1) is 25.4 Å². The van der Waals surface area contributed by atoms with Gasteiger partial charge in [0.1, 0.15) is 24.4 Å². The summed E-state index contributed by atoms with van der Waals surface area (Å²) in [4.78, 5) is 26.7. The fourth-order valence-electron chi connectivity index (χ4n) is 10.7. The minimum atomic E-state index is -1.63. The highest BCUT2D eigenvalue weighted by Gasteiger charge is 2.47. The molecule has 11 heteroatoms. The molecule has 0 aromatic carbocycles. The Labute approximate surface area is 538 Å². The summed E-state index contributed by atoms with van der Waals surface area (Å²) < 4.78 is 17.7. The van der Waals surface area contributed by atoms with Crippen molar-refractivity contribution < 1.29 is 49.3 Å². The third-order valence-corrected chi connectivity index (χ3v) is 16.4. The number of ether oxygens (including phenoxy) is 3. The summed E-state index contributed by atoms with van der Waals surface area (Å²) in [5, 5.41) is 57.3. The van der Waals surface area contributed by atoms with Crippen LogP contribution in [0.25, 0.3) is 0 Å². The molecule has 0 radical (unpaired) electrons. The molecule has 6 N–H and O–H groups in total. The van der Waals surface area contributed by atoms with E-state index >= 15 is 0 Å². The van der Waals surface area contributed by atoms with E-state index in [0.29, 0.717) is 12.8 Å². The van der Waals surface area contributed by atoms with Crippen molar-refractivity contribution in [3.8, 4) is 0 Å². The Morgan fingerprint density at radius 1 is 0.443 bits per heavy atom. The molecule has 0 aromatic heterocycles. The summed E-state index contributed by atoms with van der Waals surface area (Å²) in [5.74, 6) is -1.21. The average Bonchev–Trinajstić information content (AvgIpc) is 2.54. The van der Waals surface area contributed by atoms with Crippen molar-refractivity contribution in [3.05, 3.63) is 109 Å². The largest absolute Gasteiger partial charge is 0.454 e. The van der Waals surface area contributed by atoms with Gasteiger partial charge in [0, 0.05) is 6.42 Å². The Morgan fingerprint density at radius 3 is 1.19 bits per heavy atom. The van der Waals surface area contributed by atoms with Gasteiger partial charge in [-0.3, -0.25) is 9.59 Å². The molecule has 11 nitrogen and oxygen atoms in total. The highest BCUT2D eigenvalue weighted by Crippen LogP contribution is 2.26. The number of nitrogens with one attached hydrogen (secondary N) is 1. The third kappa shape index (κ3) is 50.0. The number of hydrogen-bond acceptors (Lipinski definition) is 10. The molecule has 8 atom stereocenters. The topological polar surface area (TPSA) is 175 Å². The van der Waals surface area contributed by atoms with Gasteiger partial charge in [-0.15, -0.1) is 0 Å². The summed E-state index contributed by atoms with van der Waals surface area (Å²) in [6.45, 7) is 5.74. The second-order valence-electron chi connectivity index (χ2n) is 24.6. The van der Waals surface area contributed by atoms with E-state index in [9.17, 15) is 35.1 Å². The second-order valence-corrected chi connectivity index (χ2v) is 24.6. The number of esters is 1. The van der Waals surface area contributed by atoms with Crippen molar-refractivity contribution in [2.75, 3.05) is 13.2 Å². The molecule has 1 rings (SSSR count). The Kier molecular flexibility index (Phi) is 59.4. The molecule has 8 unspecified atom stereocenters. The van der Waals surface area contributed by atoms with Crippen LogP contribution in [-0.2, 0) is 23.8 Å². The first-order valence-electron chi connectivity index (χ1n) is 36.2. The molecule has 1 heterocycles. The molecule has 0 saturated carbocycles. The summed E-state index contributed by atoms with van der Waals surface area (Å²) in [6, 6.07) is -1.04. The number of aliphatic hydroxyl groups is 5. The lowest BCUT2D eigenvalue weighted by Gasteiger charge is -2.41. The molecule has 0 aromatic rings.